The van der Waals surface area contributed by atoms with E-state index >= 15 is 0 Å². The van der Waals surface area contributed by atoms with Gasteiger partial charge in [0.15, 0.2) is 5.11 Å². The second kappa shape index (κ2) is 8.17. The first-order chi connectivity index (χ1) is 11.1. The summed E-state index contributed by atoms with van der Waals surface area (Å²) in [6.45, 7) is -0.0744. The zero-order chi connectivity index (χ0) is 16.7. The van der Waals surface area contributed by atoms with Gasteiger partial charge in [-0.1, -0.05) is 24.3 Å². The van der Waals surface area contributed by atoms with Crippen LogP contribution in [0.3, 0.4) is 0 Å². The minimum atomic E-state index is -0.398. The maximum absolute atomic E-state index is 12.8. The molecule has 2 aromatic carbocycles. The van der Waals surface area contributed by atoms with Crippen LogP contribution >= 0.6 is 12.2 Å². The van der Waals surface area contributed by atoms with E-state index in [2.05, 4.69) is 10.6 Å². The van der Waals surface area contributed by atoms with E-state index < -0.39 is 5.91 Å². The van der Waals surface area contributed by atoms with Crippen LogP contribution in [-0.4, -0.2) is 16.1 Å². The fourth-order valence-electron chi connectivity index (χ4n) is 1.81. The summed E-state index contributed by atoms with van der Waals surface area (Å²) in [6.07, 6.45) is 2.87. The van der Waals surface area contributed by atoms with Gasteiger partial charge in [-0.3, -0.25) is 10.1 Å². The molecule has 2 rings (SSSR count). The number of anilines is 1. The number of benzene rings is 2. The van der Waals surface area contributed by atoms with Crippen molar-refractivity contribution in [2.45, 2.75) is 6.61 Å². The number of carbonyl (C=O) groups excluding carboxylic acids is 1. The van der Waals surface area contributed by atoms with Crippen LogP contribution in [0.25, 0.3) is 6.08 Å². The van der Waals surface area contributed by atoms with Crippen molar-refractivity contribution in [3.05, 3.63) is 71.6 Å². The van der Waals surface area contributed by atoms with Crippen LogP contribution in [-0.2, 0) is 11.4 Å². The summed E-state index contributed by atoms with van der Waals surface area (Å²) >= 11 is 5.05. The van der Waals surface area contributed by atoms with Gasteiger partial charge in [0.05, 0.1) is 6.61 Å². The first-order valence-electron chi connectivity index (χ1n) is 6.82. The zero-order valence-corrected chi connectivity index (χ0v) is 12.9. The molecule has 0 saturated heterocycles. The van der Waals surface area contributed by atoms with Crippen molar-refractivity contribution in [3.8, 4) is 0 Å². The van der Waals surface area contributed by atoms with Crippen molar-refractivity contribution < 1.29 is 14.3 Å². The van der Waals surface area contributed by atoms with E-state index in [9.17, 15) is 9.18 Å². The van der Waals surface area contributed by atoms with E-state index in [1.54, 1.807) is 42.5 Å². The van der Waals surface area contributed by atoms with Crippen LogP contribution in [0.5, 0.6) is 0 Å². The van der Waals surface area contributed by atoms with Gasteiger partial charge in [-0.2, -0.15) is 0 Å². The molecular formula is C17H15FN2O2S. The van der Waals surface area contributed by atoms with Crippen molar-refractivity contribution in [2.75, 3.05) is 5.32 Å². The summed E-state index contributed by atoms with van der Waals surface area (Å²) in [5.41, 5.74) is 2.11. The molecule has 0 aliphatic rings. The Kier molecular flexibility index (Phi) is 5.96. The van der Waals surface area contributed by atoms with E-state index in [1.807, 2.05) is 0 Å². The molecule has 118 valence electrons. The highest BCUT2D eigenvalue weighted by atomic mass is 32.1. The molecule has 0 radical (unpaired) electrons. The Bertz CT molecular complexity index is 730. The number of aliphatic hydroxyl groups is 1. The molecule has 0 spiro atoms. The molecule has 2 aromatic rings. The van der Waals surface area contributed by atoms with E-state index in [1.165, 1.54) is 18.2 Å². The lowest BCUT2D eigenvalue weighted by Crippen LogP contribution is -2.32. The summed E-state index contributed by atoms with van der Waals surface area (Å²) < 4.78 is 12.8. The maximum Gasteiger partial charge on any atom is 0.250 e. The number of hydrogen-bond donors (Lipinski definition) is 3. The summed E-state index contributed by atoms with van der Waals surface area (Å²) in [5, 5.41) is 14.6. The Morgan fingerprint density at radius 1 is 1.22 bits per heavy atom. The van der Waals surface area contributed by atoms with Crippen molar-refractivity contribution >= 4 is 35.0 Å². The predicted octanol–water partition coefficient (Wildman–Crippen LogP) is 2.84. The fraction of sp³-hybridized carbons (Fsp3) is 0.0588. The number of amides is 1. The molecule has 0 bridgehead atoms. The van der Waals surface area contributed by atoms with Gasteiger partial charge in [0.2, 0.25) is 5.91 Å². The molecule has 0 heterocycles. The predicted molar refractivity (Wildman–Crippen MR) is 92.2 cm³/mol. The molecule has 0 saturated carbocycles. The van der Waals surface area contributed by atoms with Crippen LogP contribution in [0.4, 0.5) is 10.1 Å². The Morgan fingerprint density at radius 2 is 1.96 bits per heavy atom. The SMILES string of the molecule is O=C(/C=C/c1ccc(F)cc1)NC(=S)Nc1cccc(CO)c1. The quantitative estimate of drug-likeness (QED) is 0.596. The molecule has 4 nitrogen and oxygen atoms in total. The maximum atomic E-state index is 12.8. The first-order valence-corrected chi connectivity index (χ1v) is 7.23. The van der Waals surface area contributed by atoms with Crippen LogP contribution in [0, 0.1) is 5.82 Å². The standard InChI is InChI=1S/C17H15FN2O2S/c18-14-7-4-12(5-8-14)6-9-16(22)20-17(23)19-15-3-1-2-13(10-15)11-21/h1-10,21H,11H2,(H2,19,20,22,23)/b9-6+. The van der Waals surface area contributed by atoms with E-state index in [0.29, 0.717) is 11.3 Å². The van der Waals surface area contributed by atoms with Gasteiger partial charge in [-0.25, -0.2) is 4.39 Å². The highest BCUT2D eigenvalue weighted by Crippen LogP contribution is 2.10. The van der Waals surface area contributed by atoms with Gasteiger partial charge in [-0.15, -0.1) is 0 Å². The Morgan fingerprint density at radius 3 is 2.65 bits per heavy atom. The topological polar surface area (TPSA) is 61.4 Å². The summed E-state index contributed by atoms with van der Waals surface area (Å²) in [7, 11) is 0. The number of nitrogens with one attached hydrogen (secondary N) is 2. The number of hydrogen-bond acceptors (Lipinski definition) is 3. The van der Waals surface area contributed by atoms with Crippen LogP contribution in [0.2, 0.25) is 0 Å². The van der Waals surface area contributed by atoms with Crippen molar-refractivity contribution in [1.82, 2.24) is 5.32 Å². The van der Waals surface area contributed by atoms with Crippen LogP contribution in [0.1, 0.15) is 11.1 Å². The number of rotatable bonds is 4. The highest BCUT2D eigenvalue weighted by Gasteiger charge is 2.02. The molecule has 0 aliphatic heterocycles. The lowest BCUT2D eigenvalue weighted by atomic mass is 10.2. The van der Waals surface area contributed by atoms with Crippen molar-refractivity contribution in [3.63, 3.8) is 0 Å². The Hall–Kier alpha value is -2.57. The average Bonchev–Trinajstić information content (AvgIpc) is 2.54. The first kappa shape index (κ1) is 16.8. The Labute approximate surface area is 138 Å². The van der Waals surface area contributed by atoms with E-state index in [4.69, 9.17) is 17.3 Å². The summed E-state index contributed by atoms with van der Waals surface area (Å²) in [5.74, 6) is -0.729. The molecule has 23 heavy (non-hydrogen) atoms. The second-order valence-corrected chi connectivity index (χ2v) is 5.09. The molecule has 3 N–H and O–H groups in total. The molecule has 6 heteroatoms. The Balaban J connectivity index is 1.89. The zero-order valence-electron chi connectivity index (χ0n) is 12.1. The van der Waals surface area contributed by atoms with Crippen molar-refractivity contribution in [1.29, 1.82) is 0 Å². The fourth-order valence-corrected chi connectivity index (χ4v) is 2.03. The molecular weight excluding hydrogens is 315 g/mol. The molecule has 0 aliphatic carbocycles. The third-order valence-electron chi connectivity index (χ3n) is 2.90. The minimum absolute atomic E-state index is 0.0744. The second-order valence-electron chi connectivity index (χ2n) is 4.69. The summed E-state index contributed by atoms with van der Waals surface area (Å²) in [4.78, 5) is 11.8. The van der Waals surface area contributed by atoms with Gasteiger partial charge in [-0.05, 0) is 53.7 Å². The third kappa shape index (κ3) is 5.61. The average molecular weight is 330 g/mol. The van der Waals surface area contributed by atoms with Gasteiger partial charge in [0, 0.05) is 11.8 Å². The van der Waals surface area contributed by atoms with Gasteiger partial charge in [0.25, 0.3) is 0 Å². The van der Waals surface area contributed by atoms with Crippen LogP contribution in [0.15, 0.2) is 54.6 Å². The van der Waals surface area contributed by atoms with Crippen LogP contribution < -0.4 is 10.6 Å². The number of halogens is 1. The molecule has 0 unspecified atom stereocenters. The van der Waals surface area contributed by atoms with Gasteiger partial charge in [0.1, 0.15) is 5.82 Å². The monoisotopic (exact) mass is 330 g/mol. The number of carbonyl (C=O) groups is 1. The lowest BCUT2D eigenvalue weighted by molar-refractivity contribution is -0.115. The van der Waals surface area contributed by atoms with Crippen molar-refractivity contribution in [2.24, 2.45) is 0 Å². The molecule has 1 amide bonds. The molecule has 0 aromatic heterocycles. The number of aliphatic hydroxyl groups excluding tert-OH is 1. The molecule has 0 atom stereocenters. The van der Waals surface area contributed by atoms with E-state index in [-0.39, 0.29) is 17.5 Å². The normalized spacial score (nSPS) is 10.5. The molecule has 0 fully saturated rings. The van der Waals surface area contributed by atoms with Gasteiger partial charge < -0.3 is 10.4 Å². The smallest absolute Gasteiger partial charge is 0.250 e. The lowest BCUT2D eigenvalue weighted by Gasteiger charge is -2.09. The van der Waals surface area contributed by atoms with Gasteiger partial charge >= 0.3 is 0 Å². The minimum Gasteiger partial charge on any atom is -0.392 e. The highest BCUT2D eigenvalue weighted by molar-refractivity contribution is 7.80. The third-order valence-corrected chi connectivity index (χ3v) is 3.11. The number of thiocarbonyl (C=S) groups is 1. The summed E-state index contributed by atoms with van der Waals surface area (Å²) in [6, 6.07) is 12.8. The van der Waals surface area contributed by atoms with E-state index in [0.717, 1.165) is 5.56 Å². The largest absolute Gasteiger partial charge is 0.392 e.